The number of carbonyl (C=O) groups is 1. The zero-order valence-electron chi connectivity index (χ0n) is 13.4. The molecule has 0 saturated carbocycles. The molecule has 20 heavy (non-hydrogen) atoms. The maximum absolute atomic E-state index is 12.7. The first-order valence-electron chi connectivity index (χ1n) is 7.31. The minimum Gasteiger partial charge on any atom is -0.385 e. The molecule has 112 valence electrons. The van der Waals surface area contributed by atoms with E-state index in [0.29, 0.717) is 23.8 Å². The summed E-state index contributed by atoms with van der Waals surface area (Å²) < 4.78 is 0. The van der Waals surface area contributed by atoms with Crippen LogP contribution in [-0.2, 0) is 0 Å². The molecule has 0 spiro atoms. The van der Waals surface area contributed by atoms with E-state index in [2.05, 4.69) is 29.1 Å². The molecule has 0 radical (unpaired) electrons. The molecule has 0 fully saturated rings. The first-order chi connectivity index (χ1) is 9.46. The minimum atomic E-state index is -0.0319. The summed E-state index contributed by atoms with van der Waals surface area (Å²) in [7, 11) is 1.78. The van der Waals surface area contributed by atoms with Gasteiger partial charge < -0.3 is 10.2 Å². The zero-order chi connectivity index (χ0) is 15.3. The first-order valence-corrected chi connectivity index (χ1v) is 7.31. The highest BCUT2D eigenvalue weighted by Crippen LogP contribution is 2.19. The number of nitrogens with zero attached hydrogens (tertiary/aromatic N) is 3. The summed E-state index contributed by atoms with van der Waals surface area (Å²) in [6.45, 7) is 10.9. The van der Waals surface area contributed by atoms with Crippen LogP contribution in [0.5, 0.6) is 0 Å². The molecule has 0 aromatic carbocycles. The minimum absolute atomic E-state index is 0.0319. The Morgan fingerprint density at radius 1 is 1.35 bits per heavy atom. The maximum Gasteiger partial charge on any atom is 0.274 e. The third-order valence-corrected chi connectivity index (χ3v) is 3.52. The highest BCUT2D eigenvalue weighted by Gasteiger charge is 2.23. The molecule has 0 aliphatic heterocycles. The molecular weight excluding hydrogens is 252 g/mol. The Hall–Kier alpha value is -1.65. The molecule has 5 nitrogen and oxygen atoms in total. The van der Waals surface area contributed by atoms with Crippen molar-refractivity contribution in [1.29, 1.82) is 0 Å². The van der Waals surface area contributed by atoms with Crippen molar-refractivity contribution in [3.05, 3.63) is 17.7 Å². The highest BCUT2D eigenvalue weighted by molar-refractivity contribution is 5.97. The second-order valence-corrected chi connectivity index (χ2v) is 5.24. The average Bonchev–Trinajstić information content (AvgIpc) is 2.46. The third kappa shape index (κ3) is 3.46. The maximum atomic E-state index is 12.7. The van der Waals surface area contributed by atoms with Crippen molar-refractivity contribution in [2.24, 2.45) is 0 Å². The summed E-state index contributed by atoms with van der Waals surface area (Å²) >= 11 is 0. The van der Waals surface area contributed by atoms with Crippen LogP contribution in [0.1, 0.15) is 63.3 Å². The molecule has 0 aliphatic carbocycles. The van der Waals surface area contributed by atoms with Crippen LogP contribution in [0.15, 0.2) is 6.20 Å². The van der Waals surface area contributed by atoms with Gasteiger partial charge in [0.15, 0.2) is 5.69 Å². The lowest BCUT2D eigenvalue weighted by Crippen LogP contribution is -2.39. The van der Waals surface area contributed by atoms with Gasteiger partial charge >= 0.3 is 0 Å². The summed E-state index contributed by atoms with van der Waals surface area (Å²) in [4.78, 5) is 23.3. The molecule has 0 aliphatic rings. The molecule has 1 amide bonds. The Bertz CT molecular complexity index is 459. The van der Waals surface area contributed by atoms with Gasteiger partial charge in [-0.15, -0.1) is 0 Å². The molecule has 1 aromatic heterocycles. The van der Waals surface area contributed by atoms with Crippen LogP contribution in [-0.4, -0.2) is 40.4 Å². The standard InChI is InChI=1S/C15H26N4O/c1-7-11(5)19(8-2)15(20)13-12(16-6)9-17-14(18-13)10(3)4/h9-11,16H,7-8H2,1-6H3. The van der Waals surface area contributed by atoms with E-state index in [-0.39, 0.29) is 17.9 Å². The van der Waals surface area contributed by atoms with Crippen LogP contribution in [0.2, 0.25) is 0 Å². The van der Waals surface area contributed by atoms with E-state index >= 15 is 0 Å². The predicted molar refractivity (Wildman–Crippen MR) is 82.1 cm³/mol. The Morgan fingerprint density at radius 2 is 2.00 bits per heavy atom. The molecule has 1 unspecified atom stereocenters. The average molecular weight is 278 g/mol. The van der Waals surface area contributed by atoms with Crippen molar-refractivity contribution in [3.8, 4) is 0 Å². The quantitative estimate of drug-likeness (QED) is 0.869. The fourth-order valence-electron chi connectivity index (χ4n) is 2.03. The molecular formula is C15H26N4O. The van der Waals surface area contributed by atoms with Crippen LogP contribution in [0, 0.1) is 0 Å². The van der Waals surface area contributed by atoms with Crippen LogP contribution in [0.25, 0.3) is 0 Å². The molecule has 1 rings (SSSR count). The second-order valence-electron chi connectivity index (χ2n) is 5.24. The lowest BCUT2D eigenvalue weighted by Gasteiger charge is -2.27. The molecule has 1 aromatic rings. The summed E-state index contributed by atoms with van der Waals surface area (Å²) in [6, 6.07) is 0.203. The SMILES string of the molecule is CCC(C)N(CC)C(=O)c1nc(C(C)C)ncc1NC. The Kier molecular flexibility index (Phi) is 5.92. The highest BCUT2D eigenvalue weighted by atomic mass is 16.2. The number of nitrogens with one attached hydrogen (secondary N) is 1. The Morgan fingerprint density at radius 3 is 2.45 bits per heavy atom. The summed E-state index contributed by atoms with van der Waals surface area (Å²) in [5.74, 6) is 0.870. The van der Waals surface area contributed by atoms with Gasteiger partial charge in [-0.2, -0.15) is 0 Å². The summed E-state index contributed by atoms with van der Waals surface area (Å²) in [5, 5.41) is 3.01. The van der Waals surface area contributed by atoms with Gasteiger partial charge in [0.05, 0.1) is 11.9 Å². The third-order valence-electron chi connectivity index (χ3n) is 3.52. The molecule has 1 N–H and O–H groups in total. The van der Waals surface area contributed by atoms with Gasteiger partial charge in [0.2, 0.25) is 0 Å². The first kappa shape index (κ1) is 16.4. The van der Waals surface area contributed by atoms with Gasteiger partial charge in [0.1, 0.15) is 5.82 Å². The number of aromatic nitrogens is 2. The molecule has 1 heterocycles. The van der Waals surface area contributed by atoms with Gasteiger partial charge in [-0.25, -0.2) is 9.97 Å². The van der Waals surface area contributed by atoms with E-state index in [0.717, 1.165) is 6.42 Å². The van der Waals surface area contributed by atoms with Gasteiger partial charge in [0.25, 0.3) is 5.91 Å². The number of rotatable bonds is 6. The van der Waals surface area contributed by atoms with Crippen molar-refractivity contribution in [1.82, 2.24) is 14.9 Å². The van der Waals surface area contributed by atoms with Crippen molar-refractivity contribution in [2.75, 3.05) is 18.9 Å². The Labute approximate surface area is 121 Å². The topological polar surface area (TPSA) is 58.1 Å². The smallest absolute Gasteiger partial charge is 0.274 e. The number of hydrogen-bond donors (Lipinski definition) is 1. The number of anilines is 1. The lowest BCUT2D eigenvalue weighted by molar-refractivity contribution is 0.0694. The van der Waals surface area contributed by atoms with Crippen LogP contribution in [0.3, 0.4) is 0 Å². The van der Waals surface area contributed by atoms with Gasteiger partial charge in [-0.3, -0.25) is 4.79 Å². The van der Waals surface area contributed by atoms with Crippen molar-refractivity contribution < 1.29 is 4.79 Å². The van der Waals surface area contributed by atoms with Crippen molar-refractivity contribution in [3.63, 3.8) is 0 Å². The van der Waals surface area contributed by atoms with E-state index < -0.39 is 0 Å². The number of hydrogen-bond acceptors (Lipinski definition) is 4. The second kappa shape index (κ2) is 7.22. The van der Waals surface area contributed by atoms with Gasteiger partial charge in [-0.05, 0) is 20.3 Å². The normalized spacial score (nSPS) is 12.3. The molecule has 1 atom stereocenters. The van der Waals surface area contributed by atoms with E-state index in [4.69, 9.17) is 0 Å². The monoisotopic (exact) mass is 278 g/mol. The molecule has 0 bridgehead atoms. The van der Waals surface area contributed by atoms with E-state index in [1.165, 1.54) is 0 Å². The van der Waals surface area contributed by atoms with Crippen LogP contribution in [0.4, 0.5) is 5.69 Å². The van der Waals surface area contributed by atoms with Crippen molar-refractivity contribution in [2.45, 2.75) is 53.0 Å². The number of carbonyl (C=O) groups excluding carboxylic acids is 1. The fourth-order valence-corrected chi connectivity index (χ4v) is 2.03. The molecule has 0 saturated heterocycles. The number of amides is 1. The zero-order valence-corrected chi connectivity index (χ0v) is 13.4. The van der Waals surface area contributed by atoms with Gasteiger partial charge in [-0.1, -0.05) is 20.8 Å². The fraction of sp³-hybridized carbons (Fsp3) is 0.667. The summed E-state index contributed by atoms with van der Waals surface area (Å²) in [6.07, 6.45) is 2.62. The van der Waals surface area contributed by atoms with E-state index in [1.54, 1.807) is 13.2 Å². The summed E-state index contributed by atoms with van der Waals surface area (Å²) in [5.41, 5.74) is 1.15. The lowest BCUT2D eigenvalue weighted by atomic mass is 10.1. The van der Waals surface area contributed by atoms with Gasteiger partial charge in [0, 0.05) is 25.6 Å². The van der Waals surface area contributed by atoms with E-state index in [9.17, 15) is 4.79 Å². The molecule has 5 heteroatoms. The largest absolute Gasteiger partial charge is 0.385 e. The van der Waals surface area contributed by atoms with Crippen LogP contribution < -0.4 is 5.32 Å². The Balaban J connectivity index is 3.21. The van der Waals surface area contributed by atoms with Crippen LogP contribution >= 0.6 is 0 Å². The van der Waals surface area contributed by atoms with Crippen molar-refractivity contribution >= 4 is 11.6 Å². The predicted octanol–water partition coefficient (Wildman–Crippen LogP) is 2.90. The van der Waals surface area contributed by atoms with E-state index in [1.807, 2.05) is 25.7 Å².